The standard InChI is InChI=1S/C20H26ClN3O5S/c1-12-7-14(30(26,27)24(3)4)8-16(13(12)2)22-11-20(25)23-17-9-15(21)18(28-5)10-19(17)29-6/h7-10,22H,11H2,1-6H3,(H,23,25). The van der Waals surface area contributed by atoms with E-state index in [9.17, 15) is 13.2 Å². The number of nitrogens with zero attached hydrogens (tertiary/aromatic N) is 1. The number of anilines is 2. The first kappa shape index (κ1) is 23.8. The second-order valence-electron chi connectivity index (χ2n) is 6.79. The Bertz CT molecular complexity index is 1050. The molecule has 1 amide bonds. The molecule has 0 atom stereocenters. The Kier molecular flexibility index (Phi) is 7.57. The monoisotopic (exact) mass is 455 g/mol. The van der Waals surface area contributed by atoms with Gasteiger partial charge in [0.15, 0.2) is 0 Å². The van der Waals surface area contributed by atoms with Crippen molar-refractivity contribution in [2.45, 2.75) is 18.7 Å². The Balaban J connectivity index is 2.21. The van der Waals surface area contributed by atoms with Crippen molar-refractivity contribution in [2.24, 2.45) is 0 Å². The van der Waals surface area contributed by atoms with Crippen LogP contribution >= 0.6 is 11.6 Å². The normalized spacial score (nSPS) is 11.3. The molecule has 0 unspecified atom stereocenters. The molecule has 0 bridgehead atoms. The minimum absolute atomic E-state index is 0.0848. The van der Waals surface area contributed by atoms with Crippen LogP contribution in [0.3, 0.4) is 0 Å². The van der Waals surface area contributed by atoms with Crippen molar-refractivity contribution in [3.05, 3.63) is 40.4 Å². The maximum absolute atomic E-state index is 12.5. The van der Waals surface area contributed by atoms with Gasteiger partial charge in [0.2, 0.25) is 15.9 Å². The molecule has 0 aliphatic heterocycles. The number of amides is 1. The Morgan fingerprint density at radius 1 is 1.03 bits per heavy atom. The molecule has 2 N–H and O–H groups in total. The van der Waals surface area contributed by atoms with Gasteiger partial charge in [-0.25, -0.2) is 12.7 Å². The fourth-order valence-electron chi connectivity index (χ4n) is 2.70. The minimum Gasteiger partial charge on any atom is -0.495 e. The van der Waals surface area contributed by atoms with E-state index in [1.54, 1.807) is 12.1 Å². The molecule has 0 fully saturated rings. The van der Waals surface area contributed by atoms with E-state index < -0.39 is 10.0 Å². The Morgan fingerprint density at radius 3 is 2.23 bits per heavy atom. The van der Waals surface area contributed by atoms with E-state index in [1.807, 2.05) is 13.8 Å². The lowest BCUT2D eigenvalue weighted by molar-refractivity contribution is -0.114. The first-order valence-corrected chi connectivity index (χ1v) is 10.8. The van der Waals surface area contributed by atoms with Gasteiger partial charge in [-0.15, -0.1) is 0 Å². The number of hydrogen-bond donors (Lipinski definition) is 2. The number of carbonyl (C=O) groups excluding carboxylic acids is 1. The van der Waals surface area contributed by atoms with Crippen molar-refractivity contribution in [1.82, 2.24) is 4.31 Å². The van der Waals surface area contributed by atoms with Gasteiger partial charge in [0.1, 0.15) is 11.5 Å². The molecule has 0 spiro atoms. The smallest absolute Gasteiger partial charge is 0.243 e. The number of aryl methyl sites for hydroxylation is 1. The van der Waals surface area contributed by atoms with Gasteiger partial charge in [-0.05, 0) is 43.2 Å². The summed E-state index contributed by atoms with van der Waals surface area (Å²) in [6, 6.07) is 6.25. The zero-order valence-corrected chi connectivity index (χ0v) is 19.4. The molecule has 10 heteroatoms. The van der Waals surface area contributed by atoms with E-state index in [-0.39, 0.29) is 17.3 Å². The summed E-state index contributed by atoms with van der Waals surface area (Å²) in [5.74, 6) is 0.470. The van der Waals surface area contributed by atoms with Crippen LogP contribution in [-0.4, -0.2) is 53.5 Å². The highest BCUT2D eigenvalue weighted by Gasteiger charge is 2.20. The topological polar surface area (TPSA) is 97.0 Å². The molecule has 0 aromatic heterocycles. The highest BCUT2D eigenvalue weighted by molar-refractivity contribution is 7.89. The number of ether oxygens (including phenoxy) is 2. The van der Waals surface area contributed by atoms with E-state index in [0.29, 0.717) is 27.9 Å². The summed E-state index contributed by atoms with van der Waals surface area (Å²) < 4.78 is 36.5. The Hall–Kier alpha value is -2.49. The third-order valence-electron chi connectivity index (χ3n) is 4.61. The zero-order valence-electron chi connectivity index (χ0n) is 17.8. The van der Waals surface area contributed by atoms with Gasteiger partial charge in [-0.2, -0.15) is 0 Å². The van der Waals surface area contributed by atoms with Crippen LogP contribution in [0.2, 0.25) is 5.02 Å². The highest BCUT2D eigenvalue weighted by atomic mass is 35.5. The van der Waals surface area contributed by atoms with Crippen molar-refractivity contribution >= 4 is 38.9 Å². The van der Waals surface area contributed by atoms with Crippen LogP contribution in [0.1, 0.15) is 11.1 Å². The average Bonchev–Trinajstić information content (AvgIpc) is 2.68. The third-order valence-corrected chi connectivity index (χ3v) is 6.70. The summed E-state index contributed by atoms with van der Waals surface area (Å²) in [6.45, 7) is 3.59. The number of methoxy groups -OCH3 is 2. The molecular formula is C20H26ClN3O5S. The fourth-order valence-corrected chi connectivity index (χ4v) is 3.95. The van der Waals surface area contributed by atoms with Crippen molar-refractivity contribution in [3.8, 4) is 11.5 Å². The maximum Gasteiger partial charge on any atom is 0.243 e. The van der Waals surface area contributed by atoms with Crippen LogP contribution in [-0.2, 0) is 14.8 Å². The summed E-state index contributed by atoms with van der Waals surface area (Å²) in [5.41, 5.74) is 2.60. The van der Waals surface area contributed by atoms with Crippen LogP contribution in [0.25, 0.3) is 0 Å². The van der Waals surface area contributed by atoms with Gasteiger partial charge >= 0.3 is 0 Å². The Labute approximate surface area is 182 Å². The molecule has 0 saturated heterocycles. The number of nitrogens with one attached hydrogen (secondary N) is 2. The summed E-state index contributed by atoms with van der Waals surface area (Å²) in [4.78, 5) is 12.6. The lowest BCUT2D eigenvalue weighted by atomic mass is 10.1. The molecule has 2 aromatic rings. The molecule has 0 aliphatic carbocycles. The first-order chi connectivity index (χ1) is 14.0. The lowest BCUT2D eigenvalue weighted by Crippen LogP contribution is -2.24. The molecule has 164 valence electrons. The molecule has 30 heavy (non-hydrogen) atoms. The predicted octanol–water partition coefficient (Wildman–Crippen LogP) is 3.27. The minimum atomic E-state index is -3.60. The molecule has 0 heterocycles. The number of carbonyl (C=O) groups is 1. The second kappa shape index (κ2) is 9.55. The van der Waals surface area contributed by atoms with E-state index >= 15 is 0 Å². The molecular weight excluding hydrogens is 430 g/mol. The predicted molar refractivity (Wildman–Crippen MR) is 118 cm³/mol. The summed E-state index contributed by atoms with van der Waals surface area (Å²) in [5, 5.41) is 6.06. The molecule has 0 saturated carbocycles. The SMILES string of the molecule is COc1cc(OC)c(NC(=O)CNc2cc(S(=O)(=O)N(C)C)cc(C)c2C)cc1Cl. The van der Waals surface area contributed by atoms with Crippen molar-refractivity contribution in [3.63, 3.8) is 0 Å². The highest BCUT2D eigenvalue weighted by Crippen LogP contribution is 2.35. The molecule has 0 aliphatic rings. The summed E-state index contributed by atoms with van der Waals surface area (Å²) in [7, 11) is 2.30. The second-order valence-corrected chi connectivity index (χ2v) is 9.35. The van der Waals surface area contributed by atoms with Gasteiger partial charge in [0, 0.05) is 25.8 Å². The fraction of sp³-hybridized carbons (Fsp3) is 0.350. The van der Waals surface area contributed by atoms with Crippen LogP contribution < -0.4 is 20.1 Å². The van der Waals surface area contributed by atoms with E-state index in [1.165, 1.54) is 40.4 Å². The third kappa shape index (κ3) is 5.16. The average molecular weight is 456 g/mol. The van der Waals surface area contributed by atoms with Gasteiger partial charge in [0.25, 0.3) is 0 Å². The van der Waals surface area contributed by atoms with Crippen LogP contribution in [0.5, 0.6) is 11.5 Å². The zero-order chi connectivity index (χ0) is 22.6. The van der Waals surface area contributed by atoms with Gasteiger partial charge in [-0.3, -0.25) is 4.79 Å². The Morgan fingerprint density at radius 2 is 1.67 bits per heavy atom. The molecule has 2 aromatic carbocycles. The first-order valence-electron chi connectivity index (χ1n) is 9.00. The number of benzene rings is 2. The number of rotatable bonds is 8. The molecule has 0 radical (unpaired) electrons. The van der Waals surface area contributed by atoms with Gasteiger partial charge in [-0.1, -0.05) is 11.6 Å². The van der Waals surface area contributed by atoms with Crippen molar-refractivity contribution in [1.29, 1.82) is 0 Å². The van der Waals surface area contributed by atoms with Gasteiger partial charge < -0.3 is 20.1 Å². The van der Waals surface area contributed by atoms with Crippen LogP contribution in [0, 0.1) is 13.8 Å². The number of sulfonamides is 1. The molecule has 2 rings (SSSR count). The van der Waals surface area contributed by atoms with Crippen LogP contribution in [0.15, 0.2) is 29.2 Å². The van der Waals surface area contributed by atoms with Crippen molar-refractivity contribution in [2.75, 3.05) is 45.5 Å². The van der Waals surface area contributed by atoms with Crippen molar-refractivity contribution < 1.29 is 22.7 Å². The number of halogens is 1. The maximum atomic E-state index is 12.5. The largest absolute Gasteiger partial charge is 0.495 e. The summed E-state index contributed by atoms with van der Waals surface area (Å²) in [6.07, 6.45) is 0. The lowest BCUT2D eigenvalue weighted by Gasteiger charge is -2.17. The summed E-state index contributed by atoms with van der Waals surface area (Å²) >= 11 is 6.13. The van der Waals surface area contributed by atoms with E-state index in [0.717, 1.165) is 15.4 Å². The van der Waals surface area contributed by atoms with E-state index in [2.05, 4.69) is 10.6 Å². The number of hydrogen-bond acceptors (Lipinski definition) is 6. The quantitative estimate of drug-likeness (QED) is 0.634. The molecule has 8 nitrogen and oxygen atoms in total. The van der Waals surface area contributed by atoms with Crippen LogP contribution in [0.4, 0.5) is 11.4 Å². The van der Waals surface area contributed by atoms with Gasteiger partial charge in [0.05, 0.1) is 36.4 Å². The van der Waals surface area contributed by atoms with E-state index in [4.69, 9.17) is 21.1 Å².